The lowest BCUT2D eigenvalue weighted by atomic mass is 9.95. The number of aryl methyl sites for hydroxylation is 1. The molecule has 2 fully saturated rings. The molecule has 0 aromatic carbocycles. The second-order valence-corrected chi connectivity index (χ2v) is 11.3. The fourth-order valence-corrected chi connectivity index (χ4v) is 5.83. The molecule has 0 spiro atoms. The predicted octanol–water partition coefficient (Wildman–Crippen LogP) is 5.59. The monoisotopic (exact) mass is 483 g/mol. The molecule has 3 N–H and O–H groups in total. The smallest absolute Gasteiger partial charge is 0.410 e. The first kappa shape index (κ1) is 22.9. The number of aromatic nitrogens is 4. The Kier molecular flexibility index (Phi) is 6.09. The van der Waals surface area contributed by atoms with Crippen molar-refractivity contribution in [1.82, 2.24) is 25.1 Å². The van der Waals surface area contributed by atoms with Crippen LogP contribution >= 0.6 is 11.3 Å². The van der Waals surface area contributed by atoms with Crippen molar-refractivity contribution in [2.24, 2.45) is 0 Å². The maximum atomic E-state index is 13.0. The number of ether oxygens (including phenoxy) is 1. The largest absolute Gasteiger partial charge is 0.444 e. The third-order valence-electron chi connectivity index (χ3n) is 6.48. The number of hydrogen-bond acceptors (Lipinski definition) is 8. The summed E-state index contributed by atoms with van der Waals surface area (Å²) in [5.41, 5.74) is 0.492. The highest BCUT2D eigenvalue weighted by Crippen LogP contribution is 2.35. The SMILES string of the molecule is Cc1cc(Nc2nc(N[C@H]3CC[C@@H]4CCC[C@H](C3)N4C(=O)OC(C)(C)C)nc3sccc23)n[nH]1. The van der Waals surface area contributed by atoms with Crippen LogP contribution in [-0.2, 0) is 4.74 Å². The summed E-state index contributed by atoms with van der Waals surface area (Å²) in [7, 11) is 0. The lowest BCUT2D eigenvalue weighted by Gasteiger charge is -2.41. The van der Waals surface area contributed by atoms with E-state index < -0.39 is 5.60 Å². The molecule has 2 bridgehead atoms. The van der Waals surface area contributed by atoms with Crippen LogP contribution in [0.3, 0.4) is 0 Å². The molecule has 182 valence electrons. The second-order valence-electron chi connectivity index (χ2n) is 10.4. The quantitative estimate of drug-likeness (QED) is 0.444. The zero-order valence-corrected chi connectivity index (χ0v) is 21.0. The number of aromatic amines is 1. The Morgan fingerprint density at radius 3 is 2.79 bits per heavy atom. The summed E-state index contributed by atoms with van der Waals surface area (Å²) in [5, 5.41) is 17.2. The number of nitrogens with one attached hydrogen (secondary N) is 3. The lowest BCUT2D eigenvalue weighted by Crippen LogP contribution is -2.51. The zero-order valence-electron chi connectivity index (χ0n) is 20.2. The number of piperidine rings is 1. The molecule has 3 aromatic heterocycles. The van der Waals surface area contributed by atoms with Crippen molar-refractivity contribution >= 4 is 45.2 Å². The van der Waals surface area contributed by atoms with Crippen LogP contribution in [0.5, 0.6) is 0 Å². The molecule has 0 unspecified atom stereocenters. The fourth-order valence-electron chi connectivity index (χ4n) is 5.07. The molecule has 9 nitrogen and oxygen atoms in total. The van der Waals surface area contributed by atoms with Crippen molar-refractivity contribution in [2.45, 2.75) is 89.9 Å². The first-order valence-corrected chi connectivity index (χ1v) is 13.0. The number of carbonyl (C=O) groups excluding carboxylic acids is 1. The Balaban J connectivity index is 1.35. The van der Waals surface area contributed by atoms with Gasteiger partial charge in [-0.15, -0.1) is 11.3 Å². The summed E-state index contributed by atoms with van der Waals surface area (Å²) < 4.78 is 5.76. The number of anilines is 3. The molecule has 0 aliphatic carbocycles. The molecule has 34 heavy (non-hydrogen) atoms. The minimum atomic E-state index is -0.491. The van der Waals surface area contributed by atoms with Gasteiger partial charge in [0, 0.05) is 29.9 Å². The molecule has 10 heteroatoms. The van der Waals surface area contributed by atoms with Crippen LogP contribution in [0.2, 0.25) is 0 Å². The topological polar surface area (TPSA) is 108 Å². The van der Waals surface area contributed by atoms with Crippen molar-refractivity contribution in [2.75, 3.05) is 10.6 Å². The summed E-state index contributed by atoms with van der Waals surface area (Å²) >= 11 is 1.59. The van der Waals surface area contributed by atoms with E-state index >= 15 is 0 Å². The summed E-state index contributed by atoms with van der Waals surface area (Å²) in [6, 6.07) is 4.57. The molecule has 3 atom stereocenters. The van der Waals surface area contributed by atoms with Crippen molar-refractivity contribution < 1.29 is 9.53 Å². The van der Waals surface area contributed by atoms with E-state index in [0.717, 1.165) is 66.1 Å². The molecule has 1 amide bonds. The van der Waals surface area contributed by atoms with Gasteiger partial charge in [-0.05, 0) is 77.7 Å². The Hall–Kier alpha value is -2.88. The van der Waals surface area contributed by atoms with E-state index in [4.69, 9.17) is 14.7 Å². The first-order valence-electron chi connectivity index (χ1n) is 12.1. The van der Waals surface area contributed by atoms with E-state index in [1.165, 1.54) is 0 Å². The maximum Gasteiger partial charge on any atom is 0.410 e. The molecule has 2 aliphatic rings. The first-order chi connectivity index (χ1) is 16.2. The number of rotatable bonds is 4. The Bertz CT molecular complexity index is 1170. The minimum absolute atomic E-state index is 0.170. The van der Waals surface area contributed by atoms with E-state index in [1.807, 2.05) is 50.1 Å². The Labute approximate surface area is 203 Å². The number of carbonyl (C=O) groups is 1. The minimum Gasteiger partial charge on any atom is -0.444 e. The molecular formula is C24H33N7O2S. The van der Waals surface area contributed by atoms with Gasteiger partial charge in [-0.2, -0.15) is 10.1 Å². The number of H-pyrrole nitrogens is 1. The molecule has 3 aromatic rings. The van der Waals surface area contributed by atoms with E-state index in [-0.39, 0.29) is 24.2 Å². The van der Waals surface area contributed by atoms with Crippen molar-refractivity contribution in [3.8, 4) is 0 Å². The Morgan fingerprint density at radius 2 is 2.03 bits per heavy atom. The van der Waals surface area contributed by atoms with E-state index in [2.05, 4.69) is 20.8 Å². The van der Waals surface area contributed by atoms with E-state index in [9.17, 15) is 4.79 Å². The van der Waals surface area contributed by atoms with Gasteiger partial charge in [0.1, 0.15) is 16.2 Å². The number of nitrogens with zero attached hydrogens (tertiary/aromatic N) is 4. The summed E-state index contributed by atoms with van der Waals surface area (Å²) in [6.45, 7) is 7.75. The number of fused-ring (bicyclic) bond motifs is 3. The van der Waals surface area contributed by atoms with Gasteiger partial charge in [-0.25, -0.2) is 9.78 Å². The molecule has 5 heterocycles. The van der Waals surface area contributed by atoms with E-state index in [1.54, 1.807) is 11.3 Å². The second kappa shape index (κ2) is 9.05. The molecule has 0 saturated carbocycles. The highest BCUT2D eigenvalue weighted by Gasteiger charge is 2.40. The van der Waals surface area contributed by atoms with Crippen LogP contribution in [0.1, 0.15) is 65.0 Å². The molecule has 0 radical (unpaired) electrons. The van der Waals surface area contributed by atoms with Crippen molar-refractivity contribution in [3.63, 3.8) is 0 Å². The van der Waals surface area contributed by atoms with Crippen LogP contribution in [-0.4, -0.2) is 54.9 Å². The van der Waals surface area contributed by atoms with Gasteiger partial charge in [-0.3, -0.25) is 5.10 Å². The zero-order chi connectivity index (χ0) is 23.9. The van der Waals surface area contributed by atoms with Crippen molar-refractivity contribution in [1.29, 1.82) is 0 Å². The third-order valence-corrected chi connectivity index (χ3v) is 7.29. The summed E-state index contributed by atoms with van der Waals surface area (Å²) in [6.07, 6.45) is 5.79. The van der Waals surface area contributed by atoms with Crippen LogP contribution in [0, 0.1) is 6.92 Å². The average molecular weight is 484 g/mol. The van der Waals surface area contributed by atoms with Gasteiger partial charge < -0.3 is 20.3 Å². The number of hydrogen-bond donors (Lipinski definition) is 3. The molecule has 2 aliphatic heterocycles. The summed E-state index contributed by atoms with van der Waals surface area (Å²) in [4.78, 5) is 25.6. The molecule has 5 rings (SSSR count). The van der Waals surface area contributed by atoms with Gasteiger partial charge in [-0.1, -0.05) is 0 Å². The van der Waals surface area contributed by atoms with Gasteiger partial charge in [0.25, 0.3) is 0 Å². The van der Waals surface area contributed by atoms with Gasteiger partial charge in [0.2, 0.25) is 5.95 Å². The fraction of sp³-hybridized carbons (Fsp3) is 0.583. The van der Waals surface area contributed by atoms with Crippen LogP contribution in [0.25, 0.3) is 10.2 Å². The molecular weight excluding hydrogens is 450 g/mol. The van der Waals surface area contributed by atoms with E-state index in [0.29, 0.717) is 5.95 Å². The highest BCUT2D eigenvalue weighted by molar-refractivity contribution is 7.16. The van der Waals surface area contributed by atoms with Gasteiger partial charge in [0.05, 0.1) is 5.39 Å². The number of thiophene rings is 1. The Morgan fingerprint density at radius 1 is 1.21 bits per heavy atom. The van der Waals surface area contributed by atoms with Gasteiger partial charge >= 0.3 is 6.09 Å². The number of amides is 1. The normalized spacial score (nSPS) is 22.9. The van der Waals surface area contributed by atoms with Crippen LogP contribution < -0.4 is 10.6 Å². The molecule has 2 saturated heterocycles. The maximum absolute atomic E-state index is 13.0. The van der Waals surface area contributed by atoms with Crippen LogP contribution in [0.4, 0.5) is 22.4 Å². The highest BCUT2D eigenvalue weighted by atomic mass is 32.1. The average Bonchev–Trinajstić information content (AvgIpc) is 3.37. The van der Waals surface area contributed by atoms with Crippen LogP contribution in [0.15, 0.2) is 17.5 Å². The van der Waals surface area contributed by atoms with Gasteiger partial charge in [0.15, 0.2) is 5.82 Å². The summed E-state index contributed by atoms with van der Waals surface area (Å²) in [5.74, 6) is 2.07. The standard InChI is InChI=1S/C24H33N7O2S/c1-14-12-19(30-29-14)26-20-18-10-11-34-21(18)28-22(27-20)25-15-8-9-16-6-5-7-17(13-15)31(16)23(32)33-24(2,3)4/h10-12,15-17H,5-9,13H2,1-4H3,(H3,25,26,27,28,29,30)/t15-,16-,17+/m0/s1. The van der Waals surface area contributed by atoms with Crippen molar-refractivity contribution in [3.05, 3.63) is 23.2 Å². The lowest BCUT2D eigenvalue weighted by molar-refractivity contribution is -0.00448. The third kappa shape index (κ3) is 4.96. The predicted molar refractivity (Wildman–Crippen MR) is 135 cm³/mol.